The number of benzene rings is 2. The van der Waals surface area contributed by atoms with Crippen molar-refractivity contribution in [1.82, 2.24) is 0 Å². The monoisotopic (exact) mass is 295 g/mol. The summed E-state index contributed by atoms with van der Waals surface area (Å²) in [6, 6.07) is 10.7. The molecular formula is C15H15ClFNO2. The molecule has 0 radical (unpaired) electrons. The van der Waals surface area contributed by atoms with Crippen LogP contribution in [0.2, 0.25) is 5.02 Å². The predicted octanol–water partition coefficient (Wildman–Crippen LogP) is 3.63. The summed E-state index contributed by atoms with van der Waals surface area (Å²) in [6.45, 7) is -0.169. The van der Waals surface area contributed by atoms with E-state index in [1.807, 2.05) is 0 Å². The Bertz CT molecular complexity index is 575. The van der Waals surface area contributed by atoms with Gasteiger partial charge in [-0.25, -0.2) is 4.39 Å². The number of aliphatic hydroxyl groups excluding tert-OH is 1. The van der Waals surface area contributed by atoms with Gasteiger partial charge in [0.25, 0.3) is 0 Å². The van der Waals surface area contributed by atoms with Crippen LogP contribution in [-0.4, -0.2) is 18.8 Å². The maximum Gasteiger partial charge on any atom is 0.125 e. The fourth-order valence-corrected chi connectivity index (χ4v) is 2.29. The van der Waals surface area contributed by atoms with Gasteiger partial charge in [0, 0.05) is 16.3 Å². The van der Waals surface area contributed by atoms with Crippen LogP contribution in [-0.2, 0) is 0 Å². The molecule has 106 valence electrons. The molecule has 2 aromatic carbocycles. The molecule has 0 amide bonds. The highest BCUT2D eigenvalue weighted by Gasteiger charge is 2.18. The van der Waals surface area contributed by atoms with Gasteiger partial charge in [0.05, 0.1) is 19.8 Å². The van der Waals surface area contributed by atoms with Gasteiger partial charge in [0.2, 0.25) is 0 Å². The van der Waals surface area contributed by atoms with E-state index in [9.17, 15) is 9.50 Å². The van der Waals surface area contributed by atoms with Crippen molar-refractivity contribution in [2.45, 2.75) is 6.04 Å². The second-order valence-corrected chi connectivity index (χ2v) is 4.65. The summed E-state index contributed by atoms with van der Waals surface area (Å²) in [6.07, 6.45) is 0. The third-order valence-corrected chi connectivity index (χ3v) is 3.28. The SMILES string of the molecule is COc1cccc(Cl)c1C(CO)Nc1ccc(F)cc1. The Morgan fingerprint density at radius 3 is 2.55 bits per heavy atom. The predicted molar refractivity (Wildman–Crippen MR) is 77.9 cm³/mol. The lowest BCUT2D eigenvalue weighted by atomic mass is 10.1. The molecule has 0 spiro atoms. The second kappa shape index (κ2) is 6.59. The smallest absolute Gasteiger partial charge is 0.125 e. The number of methoxy groups -OCH3 is 1. The van der Waals surface area contributed by atoms with E-state index in [0.717, 1.165) is 0 Å². The Balaban J connectivity index is 2.31. The summed E-state index contributed by atoms with van der Waals surface area (Å²) >= 11 is 6.18. The number of hydrogen-bond acceptors (Lipinski definition) is 3. The largest absolute Gasteiger partial charge is 0.496 e. The number of anilines is 1. The van der Waals surface area contributed by atoms with E-state index in [2.05, 4.69) is 5.32 Å². The van der Waals surface area contributed by atoms with Crippen LogP contribution < -0.4 is 10.1 Å². The van der Waals surface area contributed by atoms with Crippen molar-refractivity contribution in [2.24, 2.45) is 0 Å². The number of nitrogens with one attached hydrogen (secondary N) is 1. The molecule has 3 nitrogen and oxygen atoms in total. The minimum atomic E-state index is -0.441. The van der Waals surface area contributed by atoms with Gasteiger partial charge >= 0.3 is 0 Å². The highest BCUT2D eigenvalue weighted by atomic mass is 35.5. The van der Waals surface area contributed by atoms with Crippen molar-refractivity contribution in [3.05, 3.63) is 58.9 Å². The van der Waals surface area contributed by atoms with Crippen molar-refractivity contribution in [3.8, 4) is 5.75 Å². The molecule has 20 heavy (non-hydrogen) atoms. The molecule has 0 fully saturated rings. The van der Waals surface area contributed by atoms with Gasteiger partial charge in [-0.3, -0.25) is 0 Å². The van der Waals surface area contributed by atoms with Crippen molar-refractivity contribution in [3.63, 3.8) is 0 Å². The van der Waals surface area contributed by atoms with Crippen LogP contribution in [0.1, 0.15) is 11.6 Å². The minimum absolute atomic E-state index is 0.169. The summed E-state index contributed by atoms with van der Waals surface area (Å²) in [5.41, 5.74) is 1.36. The standard InChI is InChI=1S/C15H15ClFNO2/c1-20-14-4-2-3-12(16)15(14)13(9-19)18-11-7-5-10(17)6-8-11/h2-8,13,18-19H,9H2,1H3. The molecule has 1 unspecified atom stereocenters. The van der Waals surface area contributed by atoms with Gasteiger partial charge < -0.3 is 15.2 Å². The van der Waals surface area contributed by atoms with Crippen LogP contribution in [0.25, 0.3) is 0 Å². The van der Waals surface area contributed by atoms with Crippen LogP contribution in [0.4, 0.5) is 10.1 Å². The average molecular weight is 296 g/mol. The Labute approximate surface area is 122 Å². The van der Waals surface area contributed by atoms with Crippen LogP contribution >= 0.6 is 11.6 Å². The Kier molecular flexibility index (Phi) is 4.82. The summed E-state index contributed by atoms with van der Waals surface area (Å²) in [5.74, 6) is 0.276. The lowest BCUT2D eigenvalue weighted by Gasteiger charge is -2.21. The van der Waals surface area contributed by atoms with Gasteiger partial charge in [-0.15, -0.1) is 0 Å². The van der Waals surface area contributed by atoms with Gasteiger partial charge in [-0.1, -0.05) is 17.7 Å². The molecule has 2 rings (SSSR count). The number of aliphatic hydroxyl groups is 1. The third-order valence-electron chi connectivity index (χ3n) is 2.95. The van der Waals surface area contributed by atoms with Crippen molar-refractivity contribution in [2.75, 3.05) is 19.0 Å². The minimum Gasteiger partial charge on any atom is -0.496 e. The van der Waals surface area contributed by atoms with Gasteiger partial charge in [-0.05, 0) is 36.4 Å². The van der Waals surface area contributed by atoms with E-state index >= 15 is 0 Å². The fraction of sp³-hybridized carbons (Fsp3) is 0.200. The molecule has 0 saturated carbocycles. The van der Waals surface area contributed by atoms with Gasteiger partial charge in [0.15, 0.2) is 0 Å². The fourth-order valence-electron chi connectivity index (χ4n) is 1.99. The van der Waals surface area contributed by atoms with Crippen molar-refractivity contribution >= 4 is 17.3 Å². The van der Waals surface area contributed by atoms with Gasteiger partial charge in [0.1, 0.15) is 11.6 Å². The first-order valence-electron chi connectivity index (χ1n) is 6.11. The topological polar surface area (TPSA) is 41.5 Å². The van der Waals surface area contributed by atoms with E-state index in [-0.39, 0.29) is 12.4 Å². The van der Waals surface area contributed by atoms with Crippen LogP contribution in [0, 0.1) is 5.82 Å². The zero-order valence-corrected chi connectivity index (χ0v) is 11.7. The van der Waals surface area contributed by atoms with Crippen LogP contribution in [0.5, 0.6) is 5.75 Å². The number of hydrogen-bond donors (Lipinski definition) is 2. The summed E-state index contributed by atoms with van der Waals surface area (Å²) < 4.78 is 18.2. The van der Waals surface area contributed by atoms with E-state index in [0.29, 0.717) is 22.0 Å². The van der Waals surface area contributed by atoms with Crippen LogP contribution in [0.3, 0.4) is 0 Å². The normalized spacial score (nSPS) is 12.0. The van der Waals surface area contributed by atoms with Gasteiger partial charge in [-0.2, -0.15) is 0 Å². The molecule has 1 atom stereocenters. The molecule has 0 saturated heterocycles. The van der Waals surface area contributed by atoms with E-state index < -0.39 is 6.04 Å². The third kappa shape index (κ3) is 3.21. The first-order chi connectivity index (χ1) is 9.65. The molecule has 0 aromatic heterocycles. The quantitative estimate of drug-likeness (QED) is 0.885. The molecule has 0 aliphatic carbocycles. The first-order valence-corrected chi connectivity index (χ1v) is 6.49. The number of halogens is 2. The Hall–Kier alpha value is -1.78. The average Bonchev–Trinajstić information content (AvgIpc) is 2.47. The molecule has 0 bridgehead atoms. The van der Waals surface area contributed by atoms with Crippen molar-refractivity contribution in [1.29, 1.82) is 0 Å². The van der Waals surface area contributed by atoms with E-state index in [1.54, 1.807) is 37.4 Å². The molecule has 5 heteroatoms. The second-order valence-electron chi connectivity index (χ2n) is 4.24. The van der Waals surface area contributed by atoms with E-state index in [1.165, 1.54) is 12.1 Å². The van der Waals surface area contributed by atoms with Crippen molar-refractivity contribution < 1.29 is 14.2 Å². The lowest BCUT2D eigenvalue weighted by Crippen LogP contribution is -2.16. The van der Waals surface area contributed by atoms with Crippen LogP contribution in [0.15, 0.2) is 42.5 Å². The molecule has 0 aliphatic heterocycles. The first kappa shape index (κ1) is 14.6. The number of rotatable bonds is 5. The van der Waals surface area contributed by atoms with E-state index in [4.69, 9.17) is 16.3 Å². The zero-order chi connectivity index (χ0) is 14.5. The molecule has 0 heterocycles. The Morgan fingerprint density at radius 1 is 1.25 bits per heavy atom. The summed E-state index contributed by atoms with van der Waals surface area (Å²) in [4.78, 5) is 0. The number of ether oxygens (including phenoxy) is 1. The maximum absolute atomic E-state index is 12.9. The highest BCUT2D eigenvalue weighted by Crippen LogP contribution is 2.33. The highest BCUT2D eigenvalue weighted by molar-refractivity contribution is 6.31. The molecular weight excluding hydrogens is 281 g/mol. The molecule has 2 N–H and O–H groups in total. The molecule has 0 aliphatic rings. The Morgan fingerprint density at radius 2 is 1.95 bits per heavy atom. The lowest BCUT2D eigenvalue weighted by molar-refractivity contribution is 0.273. The summed E-state index contributed by atoms with van der Waals surface area (Å²) in [7, 11) is 1.54. The molecule has 2 aromatic rings. The zero-order valence-electron chi connectivity index (χ0n) is 10.9. The summed E-state index contributed by atoms with van der Waals surface area (Å²) in [5, 5.41) is 13.2. The maximum atomic E-state index is 12.9.